The molecule has 0 amide bonds. The minimum absolute atomic E-state index is 0.0798. The zero-order valence-electron chi connectivity index (χ0n) is 12.0. The molecule has 1 aliphatic heterocycles. The van der Waals surface area contributed by atoms with E-state index in [0.717, 1.165) is 37.4 Å². The minimum Gasteiger partial charge on any atom is -0.463 e. The largest absolute Gasteiger partial charge is 0.463 e. The summed E-state index contributed by atoms with van der Waals surface area (Å²) in [7, 11) is 1.31. The minimum atomic E-state index is -0.534. The second kappa shape index (κ2) is 5.98. The van der Waals surface area contributed by atoms with Crippen molar-refractivity contribution in [3.8, 4) is 0 Å². The number of Topliss-reactive ketones (excluding diaryl/α,β-unsaturated/α-hetero) is 1. The van der Waals surface area contributed by atoms with Gasteiger partial charge in [0.1, 0.15) is 11.6 Å². The van der Waals surface area contributed by atoms with Gasteiger partial charge in [0.15, 0.2) is 0 Å². The van der Waals surface area contributed by atoms with Crippen molar-refractivity contribution in [1.82, 2.24) is 9.97 Å². The van der Waals surface area contributed by atoms with Gasteiger partial charge < -0.3 is 9.64 Å². The molecule has 0 atom stereocenters. The number of hydrogen-bond donors (Lipinski definition) is 0. The van der Waals surface area contributed by atoms with Crippen molar-refractivity contribution in [3.05, 3.63) is 17.6 Å². The molecule has 0 bridgehead atoms. The molecule has 1 saturated heterocycles. The molecule has 0 saturated carbocycles. The SMILES string of the molecule is COC(=O)c1nc(C)cc(N2CCC(C(C)=O)CC2)n1. The van der Waals surface area contributed by atoms with Gasteiger partial charge in [-0.25, -0.2) is 14.8 Å². The van der Waals surface area contributed by atoms with Crippen LogP contribution in [0.3, 0.4) is 0 Å². The number of aromatic nitrogens is 2. The van der Waals surface area contributed by atoms with E-state index in [4.69, 9.17) is 0 Å². The quantitative estimate of drug-likeness (QED) is 0.777. The average Bonchev–Trinajstić information content (AvgIpc) is 2.45. The van der Waals surface area contributed by atoms with Crippen molar-refractivity contribution in [1.29, 1.82) is 0 Å². The van der Waals surface area contributed by atoms with Crippen LogP contribution < -0.4 is 4.90 Å². The molecule has 0 unspecified atom stereocenters. The normalized spacial score (nSPS) is 16.1. The fourth-order valence-corrected chi connectivity index (χ4v) is 2.41. The third-order valence-electron chi connectivity index (χ3n) is 3.60. The van der Waals surface area contributed by atoms with Crippen LogP contribution in [-0.2, 0) is 9.53 Å². The molecule has 6 heteroatoms. The van der Waals surface area contributed by atoms with Gasteiger partial charge >= 0.3 is 5.97 Å². The fourth-order valence-electron chi connectivity index (χ4n) is 2.41. The van der Waals surface area contributed by atoms with E-state index in [1.807, 2.05) is 13.0 Å². The molecule has 108 valence electrons. The summed E-state index contributed by atoms with van der Waals surface area (Å²) in [6.07, 6.45) is 1.65. The summed E-state index contributed by atoms with van der Waals surface area (Å²) in [6.45, 7) is 4.99. The average molecular weight is 277 g/mol. The molecule has 0 aliphatic carbocycles. The molecular weight excluding hydrogens is 258 g/mol. The predicted octanol–water partition coefficient (Wildman–Crippen LogP) is 1.38. The second-order valence-corrected chi connectivity index (χ2v) is 5.05. The molecule has 20 heavy (non-hydrogen) atoms. The van der Waals surface area contributed by atoms with Crippen LogP contribution in [0.25, 0.3) is 0 Å². The maximum absolute atomic E-state index is 11.5. The van der Waals surface area contributed by atoms with Gasteiger partial charge in [-0.3, -0.25) is 4.79 Å². The van der Waals surface area contributed by atoms with Crippen LogP contribution in [0.15, 0.2) is 6.07 Å². The molecule has 0 radical (unpaired) electrons. The number of hydrogen-bond acceptors (Lipinski definition) is 6. The number of ketones is 1. The first kappa shape index (κ1) is 14.4. The van der Waals surface area contributed by atoms with E-state index in [1.54, 1.807) is 6.92 Å². The number of carbonyl (C=O) groups is 2. The van der Waals surface area contributed by atoms with Crippen LogP contribution in [0.1, 0.15) is 36.1 Å². The molecule has 0 spiro atoms. The van der Waals surface area contributed by atoms with Crippen LogP contribution in [-0.4, -0.2) is 41.9 Å². The number of ether oxygens (including phenoxy) is 1. The molecule has 1 aromatic heterocycles. The molecule has 1 aliphatic rings. The molecular formula is C14H19N3O3. The molecule has 1 fully saturated rings. The van der Waals surface area contributed by atoms with E-state index < -0.39 is 5.97 Å². The van der Waals surface area contributed by atoms with Crippen LogP contribution in [0.4, 0.5) is 5.82 Å². The van der Waals surface area contributed by atoms with E-state index in [0.29, 0.717) is 0 Å². The zero-order valence-corrected chi connectivity index (χ0v) is 12.0. The van der Waals surface area contributed by atoms with Gasteiger partial charge in [0, 0.05) is 30.8 Å². The van der Waals surface area contributed by atoms with Crippen LogP contribution >= 0.6 is 0 Å². The summed E-state index contributed by atoms with van der Waals surface area (Å²) in [5.41, 5.74) is 0.726. The van der Waals surface area contributed by atoms with Crippen molar-refractivity contribution in [3.63, 3.8) is 0 Å². The van der Waals surface area contributed by atoms with Gasteiger partial charge in [0.25, 0.3) is 0 Å². The number of anilines is 1. The highest BCUT2D eigenvalue weighted by molar-refractivity contribution is 5.85. The Balaban J connectivity index is 2.15. The van der Waals surface area contributed by atoms with E-state index in [-0.39, 0.29) is 17.5 Å². The van der Waals surface area contributed by atoms with E-state index in [9.17, 15) is 9.59 Å². The van der Waals surface area contributed by atoms with Gasteiger partial charge in [0.2, 0.25) is 5.82 Å². The van der Waals surface area contributed by atoms with E-state index >= 15 is 0 Å². The lowest BCUT2D eigenvalue weighted by molar-refractivity contribution is -0.121. The standard InChI is InChI=1S/C14H19N3O3/c1-9-8-12(16-13(15-9)14(19)20-3)17-6-4-11(5-7-17)10(2)18/h8,11H,4-7H2,1-3H3. The first-order valence-corrected chi connectivity index (χ1v) is 6.70. The molecule has 2 heterocycles. The first-order valence-electron chi connectivity index (χ1n) is 6.70. The Labute approximate surface area is 118 Å². The number of nitrogens with zero attached hydrogens (tertiary/aromatic N) is 3. The van der Waals surface area contributed by atoms with Crippen LogP contribution in [0.2, 0.25) is 0 Å². The Kier molecular flexibility index (Phi) is 4.32. The molecule has 6 nitrogen and oxygen atoms in total. The highest BCUT2D eigenvalue weighted by Crippen LogP contribution is 2.23. The third kappa shape index (κ3) is 3.12. The summed E-state index contributed by atoms with van der Waals surface area (Å²) in [5.74, 6) is 0.665. The maximum Gasteiger partial charge on any atom is 0.376 e. The maximum atomic E-state index is 11.5. The lowest BCUT2D eigenvalue weighted by atomic mass is 9.93. The summed E-state index contributed by atoms with van der Waals surface area (Å²) in [5, 5.41) is 0. The molecule has 0 aromatic carbocycles. The first-order chi connectivity index (χ1) is 9.51. The van der Waals surface area contributed by atoms with E-state index in [2.05, 4.69) is 19.6 Å². The topological polar surface area (TPSA) is 72.4 Å². The van der Waals surface area contributed by atoms with Gasteiger partial charge in [-0.1, -0.05) is 0 Å². The highest BCUT2D eigenvalue weighted by atomic mass is 16.5. The Morgan fingerprint density at radius 1 is 1.30 bits per heavy atom. The number of methoxy groups -OCH3 is 1. The summed E-state index contributed by atoms with van der Waals surface area (Å²) >= 11 is 0. The fraction of sp³-hybridized carbons (Fsp3) is 0.571. The Morgan fingerprint density at radius 2 is 1.95 bits per heavy atom. The van der Waals surface area contributed by atoms with Crippen molar-refractivity contribution < 1.29 is 14.3 Å². The third-order valence-corrected chi connectivity index (χ3v) is 3.60. The summed E-state index contributed by atoms with van der Waals surface area (Å²) < 4.78 is 4.66. The van der Waals surface area contributed by atoms with Crippen molar-refractivity contribution in [2.24, 2.45) is 5.92 Å². The van der Waals surface area contributed by atoms with Gasteiger partial charge in [-0.05, 0) is 26.7 Å². The Morgan fingerprint density at radius 3 is 2.50 bits per heavy atom. The number of rotatable bonds is 3. The highest BCUT2D eigenvalue weighted by Gasteiger charge is 2.24. The number of esters is 1. The lowest BCUT2D eigenvalue weighted by Gasteiger charge is -2.31. The smallest absolute Gasteiger partial charge is 0.376 e. The van der Waals surface area contributed by atoms with Crippen molar-refractivity contribution in [2.45, 2.75) is 26.7 Å². The molecule has 1 aromatic rings. The van der Waals surface area contributed by atoms with Crippen LogP contribution in [0.5, 0.6) is 0 Å². The van der Waals surface area contributed by atoms with E-state index in [1.165, 1.54) is 7.11 Å². The van der Waals surface area contributed by atoms with Gasteiger partial charge in [-0.15, -0.1) is 0 Å². The monoisotopic (exact) mass is 277 g/mol. The lowest BCUT2D eigenvalue weighted by Crippen LogP contribution is -2.36. The predicted molar refractivity (Wildman–Crippen MR) is 73.7 cm³/mol. The number of piperidine rings is 1. The van der Waals surface area contributed by atoms with Crippen molar-refractivity contribution in [2.75, 3.05) is 25.1 Å². The Bertz CT molecular complexity index is 522. The summed E-state index contributed by atoms with van der Waals surface area (Å²) in [6, 6.07) is 1.85. The van der Waals surface area contributed by atoms with Crippen LogP contribution in [0, 0.1) is 12.8 Å². The Hall–Kier alpha value is -1.98. The number of carbonyl (C=O) groups excluding carboxylic acids is 2. The van der Waals surface area contributed by atoms with Gasteiger partial charge in [-0.2, -0.15) is 0 Å². The molecule has 2 rings (SSSR count). The number of aryl methyl sites for hydroxylation is 1. The summed E-state index contributed by atoms with van der Waals surface area (Å²) in [4.78, 5) is 33.3. The second-order valence-electron chi connectivity index (χ2n) is 5.05. The van der Waals surface area contributed by atoms with Gasteiger partial charge in [0.05, 0.1) is 7.11 Å². The zero-order chi connectivity index (χ0) is 14.7. The molecule has 0 N–H and O–H groups in total. The van der Waals surface area contributed by atoms with Crippen molar-refractivity contribution >= 4 is 17.6 Å².